The number of aliphatic hydroxyl groups is 2. The maximum absolute atomic E-state index is 11.9. The third-order valence-electron chi connectivity index (χ3n) is 7.02. The maximum Gasteiger partial charge on any atom is 0.214 e. The lowest BCUT2D eigenvalue weighted by molar-refractivity contribution is -0.186. The smallest absolute Gasteiger partial charge is 0.214 e. The number of nitrogens with zero attached hydrogens (tertiary/aromatic N) is 1. The predicted molar refractivity (Wildman–Crippen MR) is 86.5 cm³/mol. The monoisotopic (exact) mass is 332 g/mol. The summed E-state index contributed by atoms with van der Waals surface area (Å²) in [6.45, 7) is 0.912. The molecule has 0 spiro atoms. The molecule has 4 N–H and O–H groups in total. The molecule has 3 fully saturated rings. The minimum absolute atomic E-state index is 0.0361. The van der Waals surface area contributed by atoms with Gasteiger partial charge in [0.15, 0.2) is 0 Å². The van der Waals surface area contributed by atoms with Crippen molar-refractivity contribution in [2.75, 3.05) is 13.6 Å². The number of ether oxygens (including phenoxy) is 1. The first kappa shape index (κ1) is 15.1. The number of likely N-dealkylation sites (N-methyl/N-ethyl adjacent to an activating group) is 1. The highest BCUT2D eigenvalue weighted by atomic mass is 16.6. The van der Waals surface area contributed by atoms with Crippen LogP contribution in [0, 0.1) is 0 Å². The van der Waals surface area contributed by atoms with Crippen LogP contribution in [0.25, 0.3) is 0 Å². The molecule has 2 bridgehead atoms. The van der Waals surface area contributed by atoms with Gasteiger partial charge < -0.3 is 25.0 Å². The average Bonchev–Trinajstić information content (AvgIpc) is 2.87. The molecule has 2 aliphatic heterocycles. The molecule has 1 aromatic carbocycles. The Bertz CT molecular complexity index is 698. The Labute approximate surface area is 141 Å². The summed E-state index contributed by atoms with van der Waals surface area (Å²) >= 11 is 0. The summed E-state index contributed by atoms with van der Waals surface area (Å²) in [5.41, 5.74) is 0.961. The van der Waals surface area contributed by atoms with Crippen LogP contribution in [0.4, 0.5) is 0 Å². The van der Waals surface area contributed by atoms with Crippen LogP contribution in [-0.4, -0.2) is 64.0 Å². The second-order valence-electron chi connectivity index (χ2n) is 8.01. The quantitative estimate of drug-likeness (QED) is 0.537. The highest BCUT2D eigenvalue weighted by Gasteiger charge is 2.67. The summed E-state index contributed by atoms with van der Waals surface area (Å²) in [7, 11) is 2.08. The van der Waals surface area contributed by atoms with Gasteiger partial charge in [-0.2, -0.15) is 0 Å². The Morgan fingerprint density at radius 1 is 1.33 bits per heavy atom. The molecule has 0 amide bonds. The number of hydrogen-bond donors (Lipinski definition) is 4. The molecular weight excluding hydrogens is 308 g/mol. The second-order valence-corrected chi connectivity index (χ2v) is 8.01. The molecule has 6 nitrogen and oxygen atoms in total. The van der Waals surface area contributed by atoms with Crippen molar-refractivity contribution >= 4 is 0 Å². The van der Waals surface area contributed by atoms with E-state index >= 15 is 0 Å². The fourth-order valence-electron chi connectivity index (χ4n) is 5.88. The van der Waals surface area contributed by atoms with Crippen molar-refractivity contribution < 1.29 is 20.1 Å². The molecule has 6 heteroatoms. The Hall–Kier alpha value is -1.18. The number of aliphatic hydroxyl groups excluding tert-OH is 1. The zero-order valence-electron chi connectivity index (χ0n) is 13.8. The van der Waals surface area contributed by atoms with Crippen molar-refractivity contribution in [2.24, 2.45) is 0 Å². The molecule has 130 valence electrons. The van der Waals surface area contributed by atoms with Crippen molar-refractivity contribution in [1.82, 2.24) is 10.2 Å². The molecule has 24 heavy (non-hydrogen) atoms. The topological polar surface area (TPSA) is 85.2 Å². The van der Waals surface area contributed by atoms with E-state index in [1.807, 2.05) is 12.1 Å². The molecule has 1 aromatic rings. The minimum atomic E-state index is -0.957. The van der Waals surface area contributed by atoms with Gasteiger partial charge in [0.05, 0.1) is 11.7 Å². The van der Waals surface area contributed by atoms with Crippen LogP contribution in [0.15, 0.2) is 18.2 Å². The van der Waals surface area contributed by atoms with E-state index < -0.39 is 17.4 Å². The third-order valence-corrected chi connectivity index (χ3v) is 7.02. The number of hydrogen-bond acceptors (Lipinski definition) is 6. The zero-order valence-corrected chi connectivity index (χ0v) is 13.8. The van der Waals surface area contributed by atoms with E-state index in [0.717, 1.165) is 24.9 Å². The number of aromatic hydroxyl groups is 1. The summed E-state index contributed by atoms with van der Waals surface area (Å²) in [5.74, 6) is 0.246. The first-order chi connectivity index (χ1) is 11.4. The van der Waals surface area contributed by atoms with Gasteiger partial charge in [-0.15, -0.1) is 0 Å². The first-order valence-corrected chi connectivity index (χ1v) is 8.77. The van der Waals surface area contributed by atoms with Crippen LogP contribution in [-0.2, 0) is 16.6 Å². The molecule has 2 heterocycles. The predicted octanol–water partition coefficient (Wildman–Crippen LogP) is 0.0480. The molecule has 4 aliphatic rings. The summed E-state index contributed by atoms with van der Waals surface area (Å²) in [6.07, 6.45) is 1.76. The van der Waals surface area contributed by atoms with E-state index in [-0.39, 0.29) is 23.9 Å². The van der Waals surface area contributed by atoms with Crippen LogP contribution in [0.5, 0.6) is 5.75 Å². The normalized spacial score (nSPS) is 47.0. The van der Waals surface area contributed by atoms with Gasteiger partial charge in [-0.3, -0.25) is 5.32 Å². The largest absolute Gasteiger partial charge is 0.508 e. The molecule has 0 radical (unpaired) electrons. The second kappa shape index (κ2) is 4.71. The van der Waals surface area contributed by atoms with Gasteiger partial charge in [0.25, 0.3) is 0 Å². The fraction of sp³-hybridized carbons (Fsp3) is 0.667. The summed E-state index contributed by atoms with van der Waals surface area (Å²) in [4.78, 5) is 2.26. The van der Waals surface area contributed by atoms with Gasteiger partial charge in [0, 0.05) is 17.5 Å². The van der Waals surface area contributed by atoms with E-state index in [2.05, 4.69) is 17.3 Å². The Morgan fingerprint density at radius 2 is 2.17 bits per heavy atom. The van der Waals surface area contributed by atoms with Crippen LogP contribution >= 0.6 is 0 Å². The molecule has 0 aromatic heterocycles. The highest BCUT2D eigenvalue weighted by Crippen LogP contribution is 2.59. The molecule has 2 saturated heterocycles. The lowest BCUT2D eigenvalue weighted by Gasteiger charge is -2.64. The molecular formula is C18H24N2O4. The van der Waals surface area contributed by atoms with Crippen molar-refractivity contribution in [2.45, 2.75) is 61.3 Å². The molecule has 5 rings (SSSR count). The Morgan fingerprint density at radius 3 is 3.00 bits per heavy atom. The SMILES string of the molecule is CN1CC[C@]23C[C@@H]4OC(O)N[C@H]4C[C@@]2(O)[C@H]1Cc1ccc(O)cc13. The van der Waals surface area contributed by atoms with E-state index in [1.165, 1.54) is 5.56 Å². The van der Waals surface area contributed by atoms with Gasteiger partial charge in [-0.1, -0.05) is 6.07 Å². The highest BCUT2D eigenvalue weighted by molar-refractivity contribution is 5.48. The maximum atomic E-state index is 11.9. The number of phenols is 1. The molecule has 1 unspecified atom stereocenters. The standard InChI is InChI=1S/C18H24N2O4/c1-20-5-4-17-9-14-13(19-16(22)24-14)8-18(17,23)15(20)6-10-2-3-11(21)7-12(10)17/h2-3,7,13-16,19,21-23H,4-6,8-9H2,1H3/t13-,14-,15+,16?,17+,18+/m0/s1. The van der Waals surface area contributed by atoms with Gasteiger partial charge in [-0.25, -0.2) is 0 Å². The number of likely N-dealkylation sites (tertiary alicyclic amines) is 1. The van der Waals surface area contributed by atoms with Crippen LogP contribution in [0.1, 0.15) is 30.4 Å². The Kier molecular flexibility index (Phi) is 2.96. The molecule has 6 atom stereocenters. The van der Waals surface area contributed by atoms with Crippen molar-refractivity contribution in [3.63, 3.8) is 0 Å². The summed E-state index contributed by atoms with van der Waals surface area (Å²) < 4.78 is 5.67. The lowest BCUT2D eigenvalue weighted by Crippen LogP contribution is -2.75. The van der Waals surface area contributed by atoms with Gasteiger partial charge in [0.1, 0.15) is 5.75 Å². The van der Waals surface area contributed by atoms with Gasteiger partial charge in [-0.05, 0) is 62.5 Å². The number of piperidine rings is 1. The fourth-order valence-corrected chi connectivity index (χ4v) is 5.88. The van der Waals surface area contributed by atoms with E-state index in [4.69, 9.17) is 4.74 Å². The number of fused-ring (bicyclic) bond motifs is 2. The number of phenolic OH excluding ortho intramolecular Hbond substituents is 1. The van der Waals surface area contributed by atoms with Gasteiger partial charge >= 0.3 is 0 Å². The first-order valence-electron chi connectivity index (χ1n) is 8.77. The van der Waals surface area contributed by atoms with E-state index in [0.29, 0.717) is 12.8 Å². The van der Waals surface area contributed by atoms with E-state index in [9.17, 15) is 15.3 Å². The summed E-state index contributed by atoms with van der Waals surface area (Å²) in [6, 6.07) is 5.57. The number of benzene rings is 1. The minimum Gasteiger partial charge on any atom is -0.508 e. The molecule has 1 saturated carbocycles. The Balaban J connectivity index is 1.70. The van der Waals surface area contributed by atoms with Gasteiger partial charge in [0.2, 0.25) is 6.41 Å². The number of rotatable bonds is 0. The van der Waals surface area contributed by atoms with Crippen molar-refractivity contribution in [1.29, 1.82) is 0 Å². The lowest BCUT2D eigenvalue weighted by atomic mass is 9.48. The van der Waals surface area contributed by atoms with Crippen molar-refractivity contribution in [3.8, 4) is 5.75 Å². The summed E-state index contributed by atoms with van der Waals surface area (Å²) in [5, 5.41) is 34.9. The molecule has 2 aliphatic carbocycles. The van der Waals surface area contributed by atoms with Crippen molar-refractivity contribution in [3.05, 3.63) is 29.3 Å². The third kappa shape index (κ3) is 1.73. The average molecular weight is 332 g/mol. The zero-order chi connectivity index (χ0) is 16.7. The van der Waals surface area contributed by atoms with E-state index in [1.54, 1.807) is 6.07 Å². The van der Waals surface area contributed by atoms with Crippen LogP contribution in [0.2, 0.25) is 0 Å². The number of nitrogens with one attached hydrogen (secondary N) is 1. The van der Waals surface area contributed by atoms with Crippen LogP contribution < -0.4 is 5.32 Å². The van der Waals surface area contributed by atoms with Crippen LogP contribution in [0.3, 0.4) is 0 Å².